The molecule has 0 aliphatic carbocycles. The lowest BCUT2D eigenvalue weighted by atomic mass is 10.1. The Hall–Kier alpha value is -1.53. The van der Waals surface area contributed by atoms with Crippen molar-refractivity contribution < 1.29 is 19.4 Å². The molecule has 1 unspecified atom stereocenters. The van der Waals surface area contributed by atoms with Gasteiger partial charge in [0.25, 0.3) is 0 Å². The van der Waals surface area contributed by atoms with Gasteiger partial charge in [0.2, 0.25) is 5.91 Å². The second-order valence-electron chi connectivity index (χ2n) is 5.47. The van der Waals surface area contributed by atoms with Crippen LogP contribution in [0.1, 0.15) is 17.5 Å². The average Bonchev–Trinajstić information content (AvgIpc) is 2.48. The summed E-state index contributed by atoms with van der Waals surface area (Å²) in [7, 11) is 0. The van der Waals surface area contributed by atoms with E-state index in [2.05, 4.69) is 6.07 Å². The zero-order valence-electron chi connectivity index (χ0n) is 12.9. The van der Waals surface area contributed by atoms with Gasteiger partial charge in [0.05, 0.1) is 31.4 Å². The maximum absolute atomic E-state index is 12.4. The zero-order chi connectivity index (χ0) is 16.1. The average molecular weight is 323 g/mol. The summed E-state index contributed by atoms with van der Waals surface area (Å²) >= 11 is 1.50. The summed E-state index contributed by atoms with van der Waals surface area (Å²) in [5.41, 5.74) is 2.31. The van der Waals surface area contributed by atoms with Crippen LogP contribution in [0.3, 0.4) is 0 Å². The molecule has 2 rings (SSSR count). The summed E-state index contributed by atoms with van der Waals surface area (Å²) < 4.78 is 5.30. The number of rotatable bonds is 5. The van der Waals surface area contributed by atoms with Gasteiger partial charge in [-0.05, 0) is 25.5 Å². The number of benzene rings is 1. The fourth-order valence-corrected chi connectivity index (χ4v) is 3.45. The Morgan fingerprint density at radius 1 is 1.41 bits per heavy atom. The fourth-order valence-electron chi connectivity index (χ4n) is 2.44. The molecule has 1 heterocycles. The van der Waals surface area contributed by atoms with Gasteiger partial charge in [-0.3, -0.25) is 9.59 Å². The fraction of sp³-hybridized carbons (Fsp3) is 0.500. The molecule has 1 aromatic rings. The second-order valence-corrected chi connectivity index (χ2v) is 6.49. The molecule has 0 spiro atoms. The number of carbonyl (C=O) groups excluding carboxylic acids is 1. The van der Waals surface area contributed by atoms with Crippen LogP contribution in [-0.2, 0) is 14.3 Å². The van der Waals surface area contributed by atoms with Gasteiger partial charge in [-0.2, -0.15) is 0 Å². The van der Waals surface area contributed by atoms with Crippen LogP contribution in [0.25, 0.3) is 0 Å². The van der Waals surface area contributed by atoms with Crippen molar-refractivity contribution in [3.8, 4) is 0 Å². The van der Waals surface area contributed by atoms with Crippen molar-refractivity contribution in [3.05, 3.63) is 29.3 Å². The minimum Gasteiger partial charge on any atom is -0.481 e. The third kappa shape index (κ3) is 4.48. The SMILES string of the molecule is Cc1ccc(C)c(SCC(=O)N2CCOCC2CC(=O)O)c1. The molecule has 1 aromatic carbocycles. The Bertz CT molecular complexity index is 561. The number of amides is 1. The predicted molar refractivity (Wildman–Crippen MR) is 85.2 cm³/mol. The number of nitrogens with zero attached hydrogens (tertiary/aromatic N) is 1. The summed E-state index contributed by atoms with van der Waals surface area (Å²) in [5, 5.41) is 8.94. The minimum atomic E-state index is -0.907. The molecule has 1 atom stereocenters. The minimum absolute atomic E-state index is 0.0274. The van der Waals surface area contributed by atoms with Gasteiger partial charge in [0.15, 0.2) is 0 Å². The van der Waals surface area contributed by atoms with E-state index in [0.717, 1.165) is 16.0 Å². The summed E-state index contributed by atoms with van der Waals surface area (Å²) in [6, 6.07) is 5.80. The largest absolute Gasteiger partial charge is 0.481 e. The van der Waals surface area contributed by atoms with E-state index in [4.69, 9.17) is 9.84 Å². The molecule has 0 bridgehead atoms. The van der Waals surface area contributed by atoms with Crippen molar-refractivity contribution in [1.82, 2.24) is 4.90 Å². The van der Waals surface area contributed by atoms with Crippen molar-refractivity contribution >= 4 is 23.6 Å². The molecule has 120 valence electrons. The normalized spacial score (nSPS) is 18.3. The van der Waals surface area contributed by atoms with E-state index in [-0.39, 0.29) is 18.4 Å². The number of aliphatic carboxylic acids is 1. The topological polar surface area (TPSA) is 66.8 Å². The Morgan fingerprint density at radius 2 is 2.18 bits per heavy atom. The van der Waals surface area contributed by atoms with Crippen molar-refractivity contribution in [2.45, 2.75) is 31.2 Å². The molecule has 1 aliphatic heterocycles. The predicted octanol–water partition coefficient (Wildman–Crippen LogP) is 2.10. The quantitative estimate of drug-likeness (QED) is 0.841. The van der Waals surface area contributed by atoms with Crippen molar-refractivity contribution in [1.29, 1.82) is 0 Å². The van der Waals surface area contributed by atoms with E-state index in [9.17, 15) is 9.59 Å². The standard InChI is InChI=1S/C16H21NO4S/c1-11-3-4-12(2)14(7-11)22-10-15(18)17-5-6-21-9-13(17)8-16(19)20/h3-4,7,13H,5-6,8-10H2,1-2H3,(H,19,20). The van der Waals surface area contributed by atoms with Crippen LogP contribution in [0.5, 0.6) is 0 Å². The number of hydrogen-bond donors (Lipinski definition) is 1. The van der Waals surface area contributed by atoms with Crippen LogP contribution in [0.2, 0.25) is 0 Å². The molecule has 0 aromatic heterocycles. The van der Waals surface area contributed by atoms with E-state index < -0.39 is 5.97 Å². The molecule has 0 saturated carbocycles. The summed E-state index contributed by atoms with van der Waals surface area (Å²) in [4.78, 5) is 26.1. The van der Waals surface area contributed by atoms with Crippen LogP contribution in [0.15, 0.2) is 23.1 Å². The Kier molecular flexibility index (Phi) is 5.85. The van der Waals surface area contributed by atoms with Gasteiger partial charge < -0.3 is 14.7 Å². The number of thioether (sulfide) groups is 1. The van der Waals surface area contributed by atoms with Crippen molar-refractivity contribution in [2.24, 2.45) is 0 Å². The number of aryl methyl sites for hydroxylation is 2. The van der Waals surface area contributed by atoms with Gasteiger partial charge in [-0.1, -0.05) is 17.7 Å². The third-order valence-corrected chi connectivity index (χ3v) is 4.80. The lowest BCUT2D eigenvalue weighted by Crippen LogP contribution is -2.50. The first kappa shape index (κ1) is 16.8. The molecule has 1 N–H and O–H groups in total. The highest BCUT2D eigenvalue weighted by Crippen LogP contribution is 2.24. The first-order valence-electron chi connectivity index (χ1n) is 7.26. The molecule has 1 aliphatic rings. The van der Waals surface area contributed by atoms with Crippen LogP contribution in [0, 0.1) is 13.8 Å². The number of carboxylic acid groups (broad SMARTS) is 1. The van der Waals surface area contributed by atoms with Gasteiger partial charge in [-0.25, -0.2) is 0 Å². The monoisotopic (exact) mass is 323 g/mol. The molecular weight excluding hydrogens is 302 g/mol. The number of carboxylic acids is 1. The first-order chi connectivity index (χ1) is 10.5. The van der Waals surface area contributed by atoms with Gasteiger partial charge in [0, 0.05) is 11.4 Å². The number of hydrogen-bond acceptors (Lipinski definition) is 4. The Balaban J connectivity index is 1.97. The molecule has 1 saturated heterocycles. The highest BCUT2D eigenvalue weighted by Gasteiger charge is 2.28. The smallest absolute Gasteiger partial charge is 0.305 e. The number of carbonyl (C=O) groups is 2. The molecule has 6 heteroatoms. The van der Waals surface area contributed by atoms with Crippen molar-refractivity contribution in [3.63, 3.8) is 0 Å². The van der Waals surface area contributed by atoms with E-state index in [1.165, 1.54) is 11.8 Å². The van der Waals surface area contributed by atoms with Crippen LogP contribution >= 0.6 is 11.8 Å². The van der Waals surface area contributed by atoms with E-state index >= 15 is 0 Å². The van der Waals surface area contributed by atoms with Crippen LogP contribution < -0.4 is 0 Å². The molecule has 0 radical (unpaired) electrons. The van der Waals surface area contributed by atoms with Gasteiger partial charge in [0.1, 0.15) is 0 Å². The Labute approximate surface area is 134 Å². The summed E-state index contributed by atoms with van der Waals surface area (Å²) in [5.74, 6) is -0.614. The van der Waals surface area contributed by atoms with Gasteiger partial charge in [-0.15, -0.1) is 11.8 Å². The molecule has 1 amide bonds. The molecule has 22 heavy (non-hydrogen) atoms. The summed E-state index contributed by atoms with van der Waals surface area (Å²) in [6.45, 7) is 5.27. The highest BCUT2D eigenvalue weighted by atomic mass is 32.2. The van der Waals surface area contributed by atoms with E-state index in [0.29, 0.717) is 25.5 Å². The van der Waals surface area contributed by atoms with E-state index in [1.807, 2.05) is 26.0 Å². The zero-order valence-corrected chi connectivity index (χ0v) is 13.7. The maximum atomic E-state index is 12.4. The van der Waals surface area contributed by atoms with Crippen molar-refractivity contribution in [2.75, 3.05) is 25.5 Å². The molecule has 1 fully saturated rings. The highest BCUT2D eigenvalue weighted by molar-refractivity contribution is 8.00. The number of morpholine rings is 1. The second kappa shape index (κ2) is 7.65. The lowest BCUT2D eigenvalue weighted by molar-refractivity contribution is -0.144. The Morgan fingerprint density at radius 3 is 2.91 bits per heavy atom. The lowest BCUT2D eigenvalue weighted by Gasteiger charge is -2.34. The third-order valence-electron chi connectivity index (χ3n) is 3.65. The first-order valence-corrected chi connectivity index (χ1v) is 8.25. The molecule has 5 nitrogen and oxygen atoms in total. The number of ether oxygens (including phenoxy) is 1. The maximum Gasteiger partial charge on any atom is 0.305 e. The summed E-state index contributed by atoms with van der Waals surface area (Å²) in [6.07, 6.45) is -0.0696. The van der Waals surface area contributed by atoms with Crippen LogP contribution in [-0.4, -0.2) is 53.4 Å². The van der Waals surface area contributed by atoms with Gasteiger partial charge >= 0.3 is 5.97 Å². The van der Waals surface area contributed by atoms with Crippen LogP contribution in [0.4, 0.5) is 0 Å². The van der Waals surface area contributed by atoms with E-state index in [1.54, 1.807) is 4.90 Å². The molecular formula is C16H21NO4S.